The number of anilines is 1. The minimum absolute atomic E-state index is 0.0205. The first-order chi connectivity index (χ1) is 17.7. The molecule has 0 aliphatic carbocycles. The maximum atomic E-state index is 13.8. The molecule has 1 N–H and O–H groups in total. The highest BCUT2D eigenvalue weighted by atomic mass is 32.2. The lowest BCUT2D eigenvalue weighted by Gasteiger charge is -2.32. The molecule has 0 fully saturated rings. The molecule has 0 aliphatic rings. The molecule has 1 atom stereocenters. The molecule has 0 saturated heterocycles. The van der Waals surface area contributed by atoms with Gasteiger partial charge in [-0.05, 0) is 68.3 Å². The predicted octanol–water partition coefficient (Wildman–Crippen LogP) is 3.75. The van der Waals surface area contributed by atoms with Crippen LogP contribution in [-0.2, 0) is 26.2 Å². The maximum absolute atomic E-state index is 13.8. The summed E-state index contributed by atoms with van der Waals surface area (Å²) in [6.45, 7) is 5.47. The average molecular weight is 524 g/mol. The van der Waals surface area contributed by atoms with E-state index in [1.807, 2.05) is 31.2 Å². The van der Waals surface area contributed by atoms with E-state index < -0.39 is 28.5 Å². The molecule has 9 heteroatoms. The van der Waals surface area contributed by atoms with Gasteiger partial charge in [0.2, 0.25) is 11.8 Å². The van der Waals surface area contributed by atoms with Crippen molar-refractivity contribution in [1.82, 2.24) is 10.2 Å². The number of hydrogen-bond acceptors (Lipinski definition) is 5. The van der Waals surface area contributed by atoms with Gasteiger partial charge in [0.1, 0.15) is 18.3 Å². The van der Waals surface area contributed by atoms with Crippen molar-refractivity contribution in [2.24, 2.45) is 0 Å². The van der Waals surface area contributed by atoms with Crippen molar-refractivity contribution in [2.45, 2.75) is 38.3 Å². The van der Waals surface area contributed by atoms with E-state index in [0.29, 0.717) is 18.0 Å². The van der Waals surface area contributed by atoms with Crippen LogP contribution in [0.5, 0.6) is 5.75 Å². The Labute approximate surface area is 218 Å². The normalized spacial score (nSPS) is 11.9. The number of benzene rings is 3. The van der Waals surface area contributed by atoms with Gasteiger partial charge in [0.15, 0.2) is 0 Å². The molecule has 3 aromatic carbocycles. The molecule has 0 aromatic heterocycles. The van der Waals surface area contributed by atoms with Gasteiger partial charge in [0.25, 0.3) is 10.0 Å². The summed E-state index contributed by atoms with van der Waals surface area (Å²) in [5.41, 5.74) is 2.18. The van der Waals surface area contributed by atoms with Crippen LogP contribution >= 0.6 is 0 Å². The zero-order valence-corrected chi connectivity index (χ0v) is 22.4. The van der Waals surface area contributed by atoms with Crippen LogP contribution in [0.1, 0.15) is 25.0 Å². The number of carbonyl (C=O) groups is 2. The molecule has 0 saturated carbocycles. The number of carbonyl (C=O) groups excluding carboxylic acids is 2. The standard InChI is InChI=1S/C28H33N3O5S/c1-5-29-28(33)22(3)30(19-23-12-10-9-11-21(23)2)27(32)20-31(24-13-7-6-8-14-24)37(34,35)26-17-15-25(36-4)16-18-26/h6-18,22H,5,19-20H2,1-4H3,(H,29,33)/t22-/m1/s1. The summed E-state index contributed by atoms with van der Waals surface area (Å²) in [5.74, 6) is -0.293. The van der Waals surface area contributed by atoms with Crippen LogP contribution < -0.4 is 14.4 Å². The van der Waals surface area contributed by atoms with Gasteiger partial charge in [-0.1, -0.05) is 42.5 Å². The van der Waals surface area contributed by atoms with Gasteiger partial charge in [0, 0.05) is 13.1 Å². The molecule has 8 nitrogen and oxygen atoms in total. The Morgan fingerprint density at radius 2 is 1.57 bits per heavy atom. The van der Waals surface area contributed by atoms with Crippen LogP contribution in [0.25, 0.3) is 0 Å². The number of para-hydroxylation sites is 1. The second kappa shape index (κ2) is 12.4. The summed E-state index contributed by atoms with van der Waals surface area (Å²) in [7, 11) is -2.62. The summed E-state index contributed by atoms with van der Waals surface area (Å²) in [4.78, 5) is 28.0. The quantitative estimate of drug-likeness (QED) is 0.413. The van der Waals surface area contributed by atoms with Crippen LogP contribution in [0, 0.1) is 6.92 Å². The third-order valence-corrected chi connectivity index (χ3v) is 7.88. The first kappa shape index (κ1) is 27.7. The average Bonchev–Trinajstić information content (AvgIpc) is 2.91. The molecular weight excluding hydrogens is 490 g/mol. The van der Waals surface area contributed by atoms with Crippen molar-refractivity contribution in [1.29, 1.82) is 0 Å². The predicted molar refractivity (Wildman–Crippen MR) is 144 cm³/mol. The Morgan fingerprint density at radius 3 is 2.16 bits per heavy atom. The fourth-order valence-electron chi connectivity index (χ4n) is 3.87. The summed E-state index contributed by atoms with van der Waals surface area (Å²) in [6.07, 6.45) is 0. The highest BCUT2D eigenvalue weighted by molar-refractivity contribution is 7.92. The molecule has 0 unspecified atom stereocenters. The van der Waals surface area contributed by atoms with E-state index in [2.05, 4.69) is 5.32 Å². The van der Waals surface area contributed by atoms with Gasteiger partial charge in [-0.3, -0.25) is 13.9 Å². The van der Waals surface area contributed by atoms with Gasteiger partial charge in [0.05, 0.1) is 17.7 Å². The summed E-state index contributed by atoms with van der Waals surface area (Å²) in [5, 5.41) is 2.76. The molecule has 196 valence electrons. The van der Waals surface area contributed by atoms with Gasteiger partial charge in [-0.25, -0.2) is 8.42 Å². The molecule has 0 spiro atoms. The fraction of sp³-hybridized carbons (Fsp3) is 0.286. The van der Waals surface area contributed by atoms with Crippen LogP contribution in [0.15, 0.2) is 83.8 Å². The largest absolute Gasteiger partial charge is 0.497 e. The number of amides is 2. The van der Waals surface area contributed by atoms with E-state index in [1.54, 1.807) is 56.3 Å². The van der Waals surface area contributed by atoms with Gasteiger partial charge in [-0.2, -0.15) is 0 Å². The first-order valence-corrected chi connectivity index (χ1v) is 13.5. The number of rotatable bonds is 11. The molecule has 3 aromatic rings. The molecule has 2 amide bonds. The number of methoxy groups -OCH3 is 1. The first-order valence-electron chi connectivity index (χ1n) is 12.0. The van der Waals surface area contributed by atoms with E-state index in [1.165, 1.54) is 24.1 Å². The molecule has 3 rings (SSSR count). The van der Waals surface area contributed by atoms with Crippen LogP contribution in [-0.4, -0.2) is 51.4 Å². The lowest BCUT2D eigenvalue weighted by molar-refractivity contribution is -0.139. The highest BCUT2D eigenvalue weighted by Crippen LogP contribution is 2.26. The molecule has 0 radical (unpaired) electrons. The molecule has 0 heterocycles. The minimum atomic E-state index is -4.12. The maximum Gasteiger partial charge on any atom is 0.264 e. The summed E-state index contributed by atoms with van der Waals surface area (Å²) < 4.78 is 33.7. The number of ether oxygens (including phenoxy) is 1. The second-order valence-electron chi connectivity index (χ2n) is 8.54. The molecule has 0 aliphatic heterocycles. The number of likely N-dealkylation sites (N-methyl/N-ethyl adjacent to an activating group) is 1. The third kappa shape index (κ3) is 6.68. The minimum Gasteiger partial charge on any atom is -0.497 e. The van der Waals surface area contributed by atoms with Gasteiger partial charge < -0.3 is 15.0 Å². The molecular formula is C28H33N3O5S. The number of aryl methyl sites for hydroxylation is 1. The Balaban J connectivity index is 2.01. The number of sulfonamides is 1. The van der Waals surface area contributed by atoms with Crippen molar-refractivity contribution in [3.63, 3.8) is 0 Å². The highest BCUT2D eigenvalue weighted by Gasteiger charge is 2.32. The fourth-order valence-corrected chi connectivity index (χ4v) is 5.29. The number of nitrogens with one attached hydrogen (secondary N) is 1. The van der Waals surface area contributed by atoms with Crippen molar-refractivity contribution >= 4 is 27.5 Å². The zero-order chi connectivity index (χ0) is 27.0. The lowest BCUT2D eigenvalue weighted by atomic mass is 10.1. The second-order valence-corrected chi connectivity index (χ2v) is 10.4. The zero-order valence-electron chi connectivity index (χ0n) is 21.5. The van der Waals surface area contributed by atoms with Crippen molar-refractivity contribution in [3.05, 3.63) is 90.0 Å². The lowest BCUT2D eigenvalue weighted by Crippen LogP contribution is -2.51. The smallest absolute Gasteiger partial charge is 0.264 e. The van der Waals surface area contributed by atoms with E-state index in [-0.39, 0.29) is 17.3 Å². The number of hydrogen-bond donors (Lipinski definition) is 1. The van der Waals surface area contributed by atoms with Crippen molar-refractivity contribution in [3.8, 4) is 5.75 Å². The van der Waals surface area contributed by atoms with E-state index in [4.69, 9.17) is 4.74 Å². The third-order valence-electron chi connectivity index (χ3n) is 6.09. The van der Waals surface area contributed by atoms with Crippen LogP contribution in [0.3, 0.4) is 0 Å². The SMILES string of the molecule is CCNC(=O)[C@@H](C)N(Cc1ccccc1C)C(=O)CN(c1ccccc1)S(=O)(=O)c1ccc(OC)cc1. The van der Waals surface area contributed by atoms with Crippen molar-refractivity contribution < 1.29 is 22.7 Å². The van der Waals surface area contributed by atoms with Crippen LogP contribution in [0.2, 0.25) is 0 Å². The van der Waals surface area contributed by atoms with Crippen LogP contribution in [0.4, 0.5) is 5.69 Å². The number of nitrogens with zero attached hydrogens (tertiary/aromatic N) is 2. The topological polar surface area (TPSA) is 96.0 Å². The molecule has 37 heavy (non-hydrogen) atoms. The van der Waals surface area contributed by atoms with E-state index >= 15 is 0 Å². The Bertz CT molecular complexity index is 1310. The van der Waals surface area contributed by atoms with E-state index in [9.17, 15) is 18.0 Å². The monoisotopic (exact) mass is 523 g/mol. The van der Waals surface area contributed by atoms with E-state index in [0.717, 1.165) is 15.4 Å². The Morgan fingerprint density at radius 1 is 0.946 bits per heavy atom. The van der Waals surface area contributed by atoms with Crippen molar-refractivity contribution in [2.75, 3.05) is 24.5 Å². The van der Waals surface area contributed by atoms with Gasteiger partial charge >= 0.3 is 0 Å². The Hall–Kier alpha value is -3.85. The molecule has 0 bridgehead atoms. The summed E-state index contributed by atoms with van der Waals surface area (Å²) >= 11 is 0. The Kier molecular flexibility index (Phi) is 9.30. The summed E-state index contributed by atoms with van der Waals surface area (Å²) in [6, 6.07) is 21.2. The van der Waals surface area contributed by atoms with Gasteiger partial charge in [-0.15, -0.1) is 0 Å².